The zero-order valence-corrected chi connectivity index (χ0v) is 10.0. The third-order valence-corrected chi connectivity index (χ3v) is 3.04. The molecule has 0 aliphatic rings. The van der Waals surface area contributed by atoms with Crippen LogP contribution in [-0.2, 0) is 5.75 Å². The smallest absolute Gasteiger partial charge is 0.339 e. The van der Waals surface area contributed by atoms with Crippen LogP contribution in [0, 0.1) is 0 Å². The quantitative estimate of drug-likeness (QED) is 0.799. The number of alkyl halides is 2. The Morgan fingerprint density at radius 1 is 1.59 bits per heavy atom. The Balaban J connectivity index is 2.90. The molecule has 0 saturated carbocycles. The molecule has 94 valence electrons. The van der Waals surface area contributed by atoms with Gasteiger partial charge in [-0.2, -0.15) is 11.8 Å². The van der Waals surface area contributed by atoms with Gasteiger partial charge in [-0.15, -0.1) is 0 Å². The minimum Gasteiger partial charge on any atom is -0.478 e. The molecule has 0 radical (unpaired) electrons. The van der Waals surface area contributed by atoms with Crippen LogP contribution >= 0.6 is 11.8 Å². The monoisotopic (exact) mass is 262 g/mol. The molecule has 1 N–H and O–H groups in total. The Bertz CT molecular complexity index is 402. The molecular weight excluding hydrogens is 250 g/mol. The standard InChI is InChI=1S/C10H12F2N2O2S/c1-2-3-17-5-7-13-4-6(10(15)16)8(14-7)9(11)12/h4,9H,2-3,5H2,1H3,(H,15,16). The fourth-order valence-corrected chi connectivity index (χ4v) is 1.90. The van der Waals surface area contributed by atoms with Gasteiger partial charge >= 0.3 is 5.97 Å². The molecule has 0 bridgehead atoms. The van der Waals surface area contributed by atoms with E-state index in [-0.39, 0.29) is 5.82 Å². The van der Waals surface area contributed by atoms with Crippen molar-refractivity contribution in [2.24, 2.45) is 0 Å². The summed E-state index contributed by atoms with van der Waals surface area (Å²) >= 11 is 1.52. The van der Waals surface area contributed by atoms with Gasteiger partial charge in [0.05, 0.1) is 5.75 Å². The maximum Gasteiger partial charge on any atom is 0.339 e. The zero-order chi connectivity index (χ0) is 12.8. The van der Waals surface area contributed by atoms with E-state index in [9.17, 15) is 13.6 Å². The largest absolute Gasteiger partial charge is 0.478 e. The number of carboxylic acids is 1. The lowest BCUT2D eigenvalue weighted by atomic mass is 10.2. The molecule has 0 aromatic carbocycles. The van der Waals surface area contributed by atoms with Crippen molar-refractivity contribution in [2.75, 3.05) is 5.75 Å². The van der Waals surface area contributed by atoms with Crippen molar-refractivity contribution in [1.29, 1.82) is 0 Å². The molecule has 17 heavy (non-hydrogen) atoms. The molecule has 7 heteroatoms. The highest BCUT2D eigenvalue weighted by molar-refractivity contribution is 7.98. The van der Waals surface area contributed by atoms with Gasteiger partial charge in [0.2, 0.25) is 0 Å². The van der Waals surface area contributed by atoms with E-state index >= 15 is 0 Å². The van der Waals surface area contributed by atoms with Gasteiger partial charge in [-0.25, -0.2) is 23.5 Å². The maximum absolute atomic E-state index is 12.6. The Morgan fingerprint density at radius 2 is 2.29 bits per heavy atom. The third-order valence-electron chi connectivity index (χ3n) is 1.88. The fourth-order valence-electron chi connectivity index (χ4n) is 1.14. The lowest BCUT2D eigenvalue weighted by Crippen LogP contribution is -2.09. The van der Waals surface area contributed by atoms with E-state index in [4.69, 9.17) is 5.11 Å². The van der Waals surface area contributed by atoms with Crippen LogP contribution in [0.2, 0.25) is 0 Å². The van der Waals surface area contributed by atoms with Gasteiger partial charge in [-0.3, -0.25) is 0 Å². The van der Waals surface area contributed by atoms with Crippen LogP contribution < -0.4 is 0 Å². The Morgan fingerprint density at radius 3 is 2.82 bits per heavy atom. The van der Waals surface area contributed by atoms with Crippen LogP contribution in [0.1, 0.15) is 41.6 Å². The molecule has 0 aliphatic heterocycles. The number of hydrogen-bond donors (Lipinski definition) is 1. The fraction of sp³-hybridized carbons (Fsp3) is 0.500. The molecule has 0 atom stereocenters. The van der Waals surface area contributed by atoms with E-state index in [1.54, 1.807) is 0 Å². The molecular formula is C10H12F2N2O2S. The predicted molar refractivity (Wildman–Crippen MR) is 60.4 cm³/mol. The molecule has 1 rings (SSSR count). The number of thioether (sulfide) groups is 1. The average molecular weight is 262 g/mol. The van der Waals surface area contributed by atoms with Crippen molar-refractivity contribution >= 4 is 17.7 Å². The van der Waals surface area contributed by atoms with Gasteiger partial charge in [0, 0.05) is 6.20 Å². The lowest BCUT2D eigenvalue weighted by molar-refractivity contribution is 0.0681. The maximum atomic E-state index is 12.6. The van der Waals surface area contributed by atoms with Gasteiger partial charge in [-0.1, -0.05) is 6.92 Å². The average Bonchev–Trinajstić information content (AvgIpc) is 2.29. The highest BCUT2D eigenvalue weighted by Gasteiger charge is 2.20. The first kappa shape index (κ1) is 13.8. The number of halogens is 2. The second-order valence-corrected chi connectivity index (χ2v) is 4.35. The van der Waals surface area contributed by atoms with Crippen molar-refractivity contribution in [3.8, 4) is 0 Å². The van der Waals surface area contributed by atoms with Crippen LogP contribution in [0.4, 0.5) is 8.78 Å². The number of aromatic carboxylic acids is 1. The third kappa shape index (κ3) is 3.92. The van der Waals surface area contributed by atoms with E-state index in [2.05, 4.69) is 9.97 Å². The van der Waals surface area contributed by atoms with Crippen molar-refractivity contribution < 1.29 is 18.7 Å². The summed E-state index contributed by atoms with van der Waals surface area (Å²) in [7, 11) is 0. The summed E-state index contributed by atoms with van der Waals surface area (Å²) < 4.78 is 25.2. The molecule has 1 aromatic rings. The van der Waals surface area contributed by atoms with Gasteiger partial charge in [0.25, 0.3) is 6.43 Å². The van der Waals surface area contributed by atoms with Crippen LogP contribution in [0.3, 0.4) is 0 Å². The van der Waals surface area contributed by atoms with E-state index in [1.807, 2.05) is 6.92 Å². The number of carbonyl (C=O) groups is 1. The van der Waals surface area contributed by atoms with Crippen LogP contribution in [-0.4, -0.2) is 26.8 Å². The normalized spacial score (nSPS) is 10.8. The predicted octanol–water partition coefficient (Wildman–Crippen LogP) is 2.76. The van der Waals surface area contributed by atoms with Crippen LogP contribution in [0.5, 0.6) is 0 Å². The lowest BCUT2D eigenvalue weighted by Gasteiger charge is -2.06. The van der Waals surface area contributed by atoms with Crippen molar-refractivity contribution in [2.45, 2.75) is 25.5 Å². The molecule has 1 aromatic heterocycles. The first-order valence-corrected chi connectivity index (χ1v) is 6.16. The molecule has 0 spiro atoms. The topological polar surface area (TPSA) is 63.1 Å². The van der Waals surface area contributed by atoms with E-state index in [0.717, 1.165) is 18.4 Å². The van der Waals surface area contributed by atoms with Gasteiger partial charge in [0.1, 0.15) is 17.1 Å². The first-order valence-electron chi connectivity index (χ1n) is 5.01. The summed E-state index contributed by atoms with van der Waals surface area (Å²) in [5.41, 5.74) is -1.25. The number of nitrogens with zero attached hydrogens (tertiary/aromatic N) is 2. The minimum absolute atomic E-state index is 0.240. The summed E-state index contributed by atoms with van der Waals surface area (Å²) in [6.07, 6.45) is -0.989. The van der Waals surface area contributed by atoms with Gasteiger partial charge in [0.15, 0.2) is 0 Å². The summed E-state index contributed by atoms with van der Waals surface area (Å²) in [6.45, 7) is 2.01. The highest BCUT2D eigenvalue weighted by atomic mass is 32.2. The Kier molecular flexibility index (Phi) is 5.27. The van der Waals surface area contributed by atoms with Crippen molar-refractivity contribution in [3.05, 3.63) is 23.3 Å². The number of rotatable bonds is 6. The van der Waals surface area contributed by atoms with Gasteiger partial charge < -0.3 is 5.11 Å². The molecule has 0 fully saturated rings. The summed E-state index contributed by atoms with van der Waals surface area (Å²) in [6, 6.07) is 0. The number of hydrogen-bond acceptors (Lipinski definition) is 4. The van der Waals surface area contributed by atoms with Crippen LogP contribution in [0.25, 0.3) is 0 Å². The van der Waals surface area contributed by atoms with E-state index in [0.29, 0.717) is 5.75 Å². The molecule has 0 saturated heterocycles. The molecule has 0 unspecified atom stereocenters. The first-order chi connectivity index (χ1) is 8.06. The summed E-state index contributed by atoms with van der Waals surface area (Å²) in [5.74, 6) is 0.0958. The minimum atomic E-state index is -2.90. The highest BCUT2D eigenvalue weighted by Crippen LogP contribution is 2.21. The van der Waals surface area contributed by atoms with Crippen LogP contribution in [0.15, 0.2) is 6.20 Å². The number of aromatic nitrogens is 2. The zero-order valence-electron chi connectivity index (χ0n) is 9.19. The number of carboxylic acid groups (broad SMARTS) is 1. The molecule has 0 aliphatic carbocycles. The van der Waals surface area contributed by atoms with Crippen molar-refractivity contribution in [1.82, 2.24) is 9.97 Å². The molecule has 4 nitrogen and oxygen atoms in total. The van der Waals surface area contributed by atoms with E-state index in [1.165, 1.54) is 11.8 Å². The second kappa shape index (κ2) is 6.48. The second-order valence-electron chi connectivity index (χ2n) is 3.24. The summed E-state index contributed by atoms with van der Waals surface area (Å²) in [4.78, 5) is 18.1. The Hall–Kier alpha value is -1.24. The summed E-state index contributed by atoms with van der Waals surface area (Å²) in [5, 5.41) is 8.70. The molecule has 1 heterocycles. The van der Waals surface area contributed by atoms with Gasteiger partial charge in [-0.05, 0) is 12.2 Å². The van der Waals surface area contributed by atoms with Crippen molar-refractivity contribution in [3.63, 3.8) is 0 Å². The van der Waals surface area contributed by atoms with E-state index < -0.39 is 23.7 Å². The Labute approximate surface area is 101 Å². The molecule has 0 amide bonds. The SMILES string of the molecule is CCCSCc1ncc(C(=O)O)c(C(F)F)n1.